The summed E-state index contributed by atoms with van der Waals surface area (Å²) in [6.45, 7) is 4.47. The fourth-order valence-corrected chi connectivity index (χ4v) is 1.25. The molecule has 0 bridgehead atoms. The molecule has 1 rings (SSSR count). The summed E-state index contributed by atoms with van der Waals surface area (Å²) in [5.41, 5.74) is 0.610. The molecule has 2 nitrogen and oxygen atoms in total. The third-order valence-electron chi connectivity index (χ3n) is 1.96. The Hall–Kier alpha value is -1.09. The van der Waals surface area contributed by atoms with E-state index in [2.05, 4.69) is 5.32 Å². The maximum atomic E-state index is 12.9. The number of hydrogen-bond acceptors (Lipinski definition) is 2. The van der Waals surface area contributed by atoms with E-state index in [4.69, 9.17) is 4.74 Å². The molecule has 0 spiro atoms. The van der Waals surface area contributed by atoms with Gasteiger partial charge in [0.15, 0.2) is 0 Å². The molecular formula is C11H16FNO. The lowest BCUT2D eigenvalue weighted by atomic mass is 10.2. The van der Waals surface area contributed by atoms with Gasteiger partial charge in [-0.25, -0.2) is 4.39 Å². The summed E-state index contributed by atoms with van der Waals surface area (Å²) < 4.78 is 18.5. The largest absolute Gasteiger partial charge is 0.489 e. The van der Waals surface area contributed by atoms with Crippen molar-refractivity contribution in [3.8, 4) is 5.75 Å². The zero-order valence-electron chi connectivity index (χ0n) is 8.80. The van der Waals surface area contributed by atoms with E-state index in [-0.39, 0.29) is 11.9 Å². The van der Waals surface area contributed by atoms with Gasteiger partial charge in [-0.05, 0) is 44.7 Å². The zero-order chi connectivity index (χ0) is 10.6. The molecule has 0 heterocycles. The van der Waals surface area contributed by atoms with Gasteiger partial charge in [0.25, 0.3) is 0 Å². The van der Waals surface area contributed by atoms with Crippen molar-refractivity contribution in [2.45, 2.75) is 20.0 Å². The summed E-state index contributed by atoms with van der Waals surface area (Å²) in [5.74, 6) is 0.519. The Morgan fingerprint density at radius 2 is 2.21 bits per heavy atom. The fourth-order valence-electron chi connectivity index (χ4n) is 1.25. The van der Waals surface area contributed by atoms with E-state index in [0.29, 0.717) is 11.3 Å². The van der Waals surface area contributed by atoms with Gasteiger partial charge in [0.2, 0.25) is 0 Å². The van der Waals surface area contributed by atoms with Crippen LogP contribution >= 0.6 is 0 Å². The van der Waals surface area contributed by atoms with Gasteiger partial charge in [-0.3, -0.25) is 0 Å². The Balaban J connectivity index is 2.63. The molecule has 3 heteroatoms. The van der Waals surface area contributed by atoms with Crippen LogP contribution in [0.5, 0.6) is 5.75 Å². The van der Waals surface area contributed by atoms with Gasteiger partial charge in [0, 0.05) is 6.54 Å². The number of benzene rings is 1. The van der Waals surface area contributed by atoms with Gasteiger partial charge in [-0.1, -0.05) is 0 Å². The highest BCUT2D eigenvalue weighted by molar-refractivity contribution is 5.28. The maximum absolute atomic E-state index is 12.9. The SMILES string of the molecule is CNC[C@@H](C)Oc1ccc(F)c(C)c1. The van der Waals surface area contributed by atoms with Gasteiger partial charge >= 0.3 is 0 Å². The molecule has 1 aromatic carbocycles. The molecule has 0 unspecified atom stereocenters. The molecule has 0 saturated carbocycles. The Morgan fingerprint density at radius 1 is 1.50 bits per heavy atom. The predicted molar refractivity (Wildman–Crippen MR) is 55.2 cm³/mol. The fraction of sp³-hybridized carbons (Fsp3) is 0.455. The third-order valence-corrected chi connectivity index (χ3v) is 1.96. The highest BCUT2D eigenvalue weighted by Crippen LogP contribution is 2.16. The number of hydrogen-bond donors (Lipinski definition) is 1. The third kappa shape index (κ3) is 3.00. The molecule has 1 N–H and O–H groups in total. The van der Waals surface area contributed by atoms with E-state index in [1.165, 1.54) is 6.07 Å². The van der Waals surface area contributed by atoms with Crippen LogP contribution in [0.2, 0.25) is 0 Å². The summed E-state index contributed by atoms with van der Waals surface area (Å²) in [4.78, 5) is 0. The molecule has 0 saturated heterocycles. The van der Waals surface area contributed by atoms with Crippen LogP contribution in [0.15, 0.2) is 18.2 Å². The predicted octanol–water partition coefficient (Wildman–Crippen LogP) is 2.12. The summed E-state index contributed by atoms with van der Waals surface area (Å²) in [7, 11) is 1.87. The van der Waals surface area contributed by atoms with E-state index in [1.807, 2.05) is 14.0 Å². The van der Waals surface area contributed by atoms with Crippen molar-refractivity contribution in [3.63, 3.8) is 0 Å². The van der Waals surface area contributed by atoms with E-state index < -0.39 is 0 Å². The first-order valence-electron chi connectivity index (χ1n) is 4.71. The lowest BCUT2D eigenvalue weighted by Crippen LogP contribution is -2.26. The van der Waals surface area contributed by atoms with Gasteiger partial charge in [-0.15, -0.1) is 0 Å². The first-order valence-corrected chi connectivity index (χ1v) is 4.71. The van der Waals surface area contributed by atoms with Crippen molar-refractivity contribution in [1.82, 2.24) is 5.32 Å². The number of ether oxygens (including phenoxy) is 1. The van der Waals surface area contributed by atoms with Crippen LogP contribution in [0.4, 0.5) is 4.39 Å². The second-order valence-electron chi connectivity index (χ2n) is 3.40. The van der Waals surface area contributed by atoms with Crippen molar-refractivity contribution < 1.29 is 9.13 Å². The molecule has 0 aliphatic heterocycles. The quantitative estimate of drug-likeness (QED) is 0.798. The molecule has 1 aromatic rings. The van der Waals surface area contributed by atoms with Crippen molar-refractivity contribution in [1.29, 1.82) is 0 Å². The number of rotatable bonds is 4. The molecule has 0 radical (unpaired) electrons. The smallest absolute Gasteiger partial charge is 0.126 e. The van der Waals surface area contributed by atoms with Crippen LogP contribution in [0.25, 0.3) is 0 Å². The molecule has 0 aromatic heterocycles. The molecule has 0 fully saturated rings. The lowest BCUT2D eigenvalue weighted by Gasteiger charge is -2.14. The maximum Gasteiger partial charge on any atom is 0.126 e. The Bertz CT molecular complexity index is 301. The van der Waals surface area contributed by atoms with Crippen LogP contribution in [-0.2, 0) is 0 Å². The molecular weight excluding hydrogens is 181 g/mol. The van der Waals surface area contributed by atoms with Crippen molar-refractivity contribution >= 4 is 0 Å². The number of halogens is 1. The van der Waals surface area contributed by atoms with Crippen LogP contribution in [-0.4, -0.2) is 19.7 Å². The molecule has 0 aliphatic carbocycles. The standard InChI is InChI=1S/C11H16FNO/c1-8-6-10(4-5-11(8)12)14-9(2)7-13-3/h4-6,9,13H,7H2,1-3H3/t9-/m1/s1. The summed E-state index contributed by atoms with van der Waals surface area (Å²) in [5, 5.41) is 3.01. The summed E-state index contributed by atoms with van der Waals surface area (Å²) in [6, 6.07) is 4.78. The monoisotopic (exact) mass is 197 g/mol. The van der Waals surface area contributed by atoms with Crippen LogP contribution in [0, 0.1) is 12.7 Å². The molecule has 14 heavy (non-hydrogen) atoms. The Morgan fingerprint density at radius 3 is 2.79 bits per heavy atom. The minimum Gasteiger partial charge on any atom is -0.489 e. The average Bonchev–Trinajstić information content (AvgIpc) is 2.12. The van der Waals surface area contributed by atoms with Crippen LogP contribution in [0.1, 0.15) is 12.5 Å². The molecule has 78 valence electrons. The topological polar surface area (TPSA) is 21.3 Å². The van der Waals surface area contributed by atoms with E-state index in [9.17, 15) is 4.39 Å². The number of aryl methyl sites for hydroxylation is 1. The average molecular weight is 197 g/mol. The van der Waals surface area contributed by atoms with Crippen LogP contribution in [0.3, 0.4) is 0 Å². The minimum atomic E-state index is -0.196. The summed E-state index contributed by atoms with van der Waals surface area (Å²) in [6.07, 6.45) is 0.0878. The normalized spacial score (nSPS) is 12.6. The molecule has 1 atom stereocenters. The highest BCUT2D eigenvalue weighted by atomic mass is 19.1. The van der Waals surface area contributed by atoms with Crippen molar-refractivity contribution in [2.75, 3.05) is 13.6 Å². The number of likely N-dealkylation sites (N-methyl/N-ethyl adjacent to an activating group) is 1. The lowest BCUT2D eigenvalue weighted by molar-refractivity contribution is 0.220. The molecule has 0 aliphatic rings. The summed E-state index contributed by atoms with van der Waals surface area (Å²) >= 11 is 0. The van der Waals surface area contributed by atoms with Gasteiger partial charge in [0.05, 0.1) is 0 Å². The first-order chi connectivity index (χ1) is 6.63. The Labute approximate surface area is 84.1 Å². The van der Waals surface area contributed by atoms with E-state index in [1.54, 1.807) is 19.1 Å². The van der Waals surface area contributed by atoms with Gasteiger partial charge in [0.1, 0.15) is 17.7 Å². The van der Waals surface area contributed by atoms with Crippen LogP contribution < -0.4 is 10.1 Å². The van der Waals surface area contributed by atoms with Crippen molar-refractivity contribution in [3.05, 3.63) is 29.6 Å². The van der Waals surface area contributed by atoms with E-state index in [0.717, 1.165) is 6.54 Å². The van der Waals surface area contributed by atoms with Crippen molar-refractivity contribution in [2.24, 2.45) is 0 Å². The highest BCUT2D eigenvalue weighted by Gasteiger charge is 2.04. The minimum absolute atomic E-state index is 0.0878. The zero-order valence-corrected chi connectivity index (χ0v) is 8.80. The second kappa shape index (κ2) is 4.96. The number of nitrogens with one attached hydrogen (secondary N) is 1. The molecule has 0 amide bonds. The first kappa shape index (κ1) is 11.0. The Kier molecular flexibility index (Phi) is 3.89. The second-order valence-corrected chi connectivity index (χ2v) is 3.40. The van der Waals surface area contributed by atoms with Gasteiger partial charge in [-0.2, -0.15) is 0 Å². The van der Waals surface area contributed by atoms with E-state index >= 15 is 0 Å². The van der Waals surface area contributed by atoms with Gasteiger partial charge < -0.3 is 10.1 Å².